The van der Waals surface area contributed by atoms with E-state index in [0.717, 1.165) is 18.8 Å². The summed E-state index contributed by atoms with van der Waals surface area (Å²) in [4.78, 5) is 0. The van der Waals surface area contributed by atoms with Crippen molar-refractivity contribution in [3.63, 3.8) is 0 Å². The van der Waals surface area contributed by atoms with Crippen LogP contribution in [0.1, 0.15) is 5.56 Å². The third kappa shape index (κ3) is 2.39. The average Bonchev–Trinajstić information content (AvgIpc) is 2.72. The van der Waals surface area contributed by atoms with Gasteiger partial charge in [-0.05, 0) is 18.1 Å². The molecule has 1 N–H and O–H groups in total. The molecule has 0 saturated carbocycles. The second-order valence-electron chi connectivity index (χ2n) is 3.14. The van der Waals surface area contributed by atoms with Crippen LogP contribution in [0.4, 0.5) is 5.88 Å². The largest absolute Gasteiger partial charge is 0.449 e. The fourth-order valence-corrected chi connectivity index (χ4v) is 1.35. The summed E-state index contributed by atoms with van der Waals surface area (Å²) >= 11 is 0. The van der Waals surface area contributed by atoms with Crippen molar-refractivity contribution in [1.82, 2.24) is 0 Å². The van der Waals surface area contributed by atoms with Crippen LogP contribution >= 0.6 is 0 Å². The molecule has 72 valence electrons. The molecule has 1 aromatic heterocycles. The Bertz CT molecular complexity index is 353. The van der Waals surface area contributed by atoms with Gasteiger partial charge in [-0.25, -0.2) is 0 Å². The van der Waals surface area contributed by atoms with Crippen molar-refractivity contribution >= 4 is 5.88 Å². The van der Waals surface area contributed by atoms with E-state index >= 15 is 0 Å². The van der Waals surface area contributed by atoms with Gasteiger partial charge in [0.25, 0.3) is 0 Å². The van der Waals surface area contributed by atoms with Gasteiger partial charge < -0.3 is 9.73 Å². The molecule has 0 fully saturated rings. The minimum absolute atomic E-state index is 0.834. The van der Waals surface area contributed by atoms with E-state index < -0.39 is 0 Å². The van der Waals surface area contributed by atoms with Crippen molar-refractivity contribution in [1.29, 1.82) is 0 Å². The zero-order chi connectivity index (χ0) is 9.64. The Morgan fingerprint density at radius 2 is 1.86 bits per heavy atom. The van der Waals surface area contributed by atoms with Crippen LogP contribution in [0.25, 0.3) is 0 Å². The van der Waals surface area contributed by atoms with Gasteiger partial charge in [-0.1, -0.05) is 30.3 Å². The highest BCUT2D eigenvalue weighted by Gasteiger charge is 1.93. The number of nitrogens with one attached hydrogen (secondary N) is 1. The number of hydrogen-bond acceptors (Lipinski definition) is 2. The zero-order valence-electron chi connectivity index (χ0n) is 7.94. The van der Waals surface area contributed by atoms with Crippen molar-refractivity contribution in [2.24, 2.45) is 0 Å². The van der Waals surface area contributed by atoms with Gasteiger partial charge in [0.05, 0.1) is 6.26 Å². The van der Waals surface area contributed by atoms with Crippen LogP contribution in [0.2, 0.25) is 0 Å². The highest BCUT2D eigenvalue weighted by molar-refractivity contribution is 5.30. The van der Waals surface area contributed by atoms with E-state index in [1.807, 2.05) is 18.2 Å². The molecule has 0 atom stereocenters. The molecule has 2 nitrogen and oxygen atoms in total. The van der Waals surface area contributed by atoms with Gasteiger partial charge in [0, 0.05) is 12.6 Å². The lowest BCUT2D eigenvalue weighted by atomic mass is 10.1. The molecule has 0 aliphatic carbocycles. The third-order valence-electron chi connectivity index (χ3n) is 2.08. The van der Waals surface area contributed by atoms with E-state index in [1.54, 1.807) is 6.26 Å². The molecule has 2 aromatic rings. The lowest BCUT2D eigenvalue weighted by Crippen LogP contribution is -2.03. The van der Waals surface area contributed by atoms with Crippen molar-refractivity contribution in [2.75, 3.05) is 11.9 Å². The van der Waals surface area contributed by atoms with Gasteiger partial charge in [-0.15, -0.1) is 0 Å². The van der Waals surface area contributed by atoms with Crippen molar-refractivity contribution in [3.8, 4) is 0 Å². The standard InChI is InChI=1S/C12H13NO/c1-2-5-11(6-3-1)8-9-13-12-7-4-10-14-12/h1-7,10,13H,8-9H2. The van der Waals surface area contributed by atoms with Crippen LogP contribution < -0.4 is 5.32 Å². The molecule has 14 heavy (non-hydrogen) atoms. The lowest BCUT2D eigenvalue weighted by Gasteiger charge is -2.02. The zero-order valence-corrected chi connectivity index (χ0v) is 7.94. The monoisotopic (exact) mass is 187 g/mol. The molecule has 2 rings (SSSR count). The summed E-state index contributed by atoms with van der Waals surface area (Å²) < 4.78 is 5.16. The lowest BCUT2D eigenvalue weighted by molar-refractivity contribution is 0.579. The average molecular weight is 187 g/mol. The predicted molar refractivity (Wildman–Crippen MR) is 57.3 cm³/mol. The van der Waals surface area contributed by atoms with E-state index in [4.69, 9.17) is 4.42 Å². The third-order valence-corrected chi connectivity index (χ3v) is 2.08. The van der Waals surface area contributed by atoms with Gasteiger partial charge in [-0.3, -0.25) is 0 Å². The summed E-state index contributed by atoms with van der Waals surface area (Å²) in [6.45, 7) is 0.900. The fourth-order valence-electron chi connectivity index (χ4n) is 1.35. The topological polar surface area (TPSA) is 25.2 Å². The molecule has 2 heteroatoms. The van der Waals surface area contributed by atoms with Crippen molar-refractivity contribution < 1.29 is 4.42 Å². The van der Waals surface area contributed by atoms with Gasteiger partial charge in [-0.2, -0.15) is 0 Å². The maximum Gasteiger partial charge on any atom is 0.192 e. The summed E-state index contributed by atoms with van der Waals surface area (Å²) in [7, 11) is 0. The Morgan fingerprint density at radius 1 is 1.00 bits per heavy atom. The van der Waals surface area contributed by atoms with Gasteiger partial charge >= 0.3 is 0 Å². The number of furan rings is 1. The Hall–Kier alpha value is -1.70. The summed E-state index contributed by atoms with van der Waals surface area (Å²) in [5.74, 6) is 0.834. The van der Waals surface area contributed by atoms with E-state index in [-0.39, 0.29) is 0 Å². The van der Waals surface area contributed by atoms with Gasteiger partial charge in [0.2, 0.25) is 0 Å². The van der Waals surface area contributed by atoms with Crippen LogP contribution in [0, 0.1) is 0 Å². The summed E-state index contributed by atoms with van der Waals surface area (Å²) in [5, 5.41) is 3.21. The first-order valence-corrected chi connectivity index (χ1v) is 4.76. The first-order valence-electron chi connectivity index (χ1n) is 4.76. The minimum atomic E-state index is 0.834. The smallest absolute Gasteiger partial charge is 0.192 e. The summed E-state index contributed by atoms with van der Waals surface area (Å²) in [5.41, 5.74) is 1.34. The molecule has 0 saturated heterocycles. The van der Waals surface area contributed by atoms with Crippen molar-refractivity contribution in [3.05, 3.63) is 54.3 Å². The van der Waals surface area contributed by atoms with Crippen LogP contribution in [0.15, 0.2) is 53.1 Å². The molecule has 0 radical (unpaired) electrons. The van der Waals surface area contributed by atoms with Crippen LogP contribution in [0.5, 0.6) is 0 Å². The Kier molecular flexibility index (Phi) is 2.86. The number of benzene rings is 1. The molecule has 0 amide bonds. The molecule has 0 spiro atoms. The molecule has 1 heterocycles. The highest BCUT2D eigenvalue weighted by Crippen LogP contribution is 2.06. The predicted octanol–water partition coefficient (Wildman–Crippen LogP) is 2.93. The number of hydrogen-bond donors (Lipinski definition) is 1. The number of anilines is 1. The summed E-state index contributed by atoms with van der Waals surface area (Å²) in [6, 6.07) is 14.2. The molecule has 0 aliphatic rings. The van der Waals surface area contributed by atoms with E-state index in [2.05, 4.69) is 29.6 Å². The number of rotatable bonds is 4. The van der Waals surface area contributed by atoms with Gasteiger partial charge in [0.1, 0.15) is 0 Å². The van der Waals surface area contributed by atoms with Gasteiger partial charge in [0.15, 0.2) is 5.88 Å². The maximum atomic E-state index is 5.16. The quantitative estimate of drug-likeness (QED) is 0.796. The van der Waals surface area contributed by atoms with E-state index in [1.165, 1.54) is 5.56 Å². The normalized spacial score (nSPS) is 10.0. The van der Waals surface area contributed by atoms with Crippen LogP contribution in [-0.2, 0) is 6.42 Å². The van der Waals surface area contributed by atoms with Crippen molar-refractivity contribution in [2.45, 2.75) is 6.42 Å². The second kappa shape index (κ2) is 4.51. The van der Waals surface area contributed by atoms with Crippen LogP contribution in [0.3, 0.4) is 0 Å². The molecular weight excluding hydrogens is 174 g/mol. The fraction of sp³-hybridized carbons (Fsp3) is 0.167. The first-order chi connectivity index (χ1) is 6.95. The molecule has 1 aromatic carbocycles. The first kappa shape index (κ1) is 8.88. The molecule has 0 aliphatic heterocycles. The molecule has 0 bridgehead atoms. The SMILES string of the molecule is c1ccc(CCNc2ccco2)cc1. The van der Waals surface area contributed by atoms with E-state index in [9.17, 15) is 0 Å². The Labute approximate surface area is 83.6 Å². The highest BCUT2D eigenvalue weighted by atomic mass is 16.3. The summed E-state index contributed by atoms with van der Waals surface area (Å²) in [6.07, 6.45) is 2.69. The van der Waals surface area contributed by atoms with E-state index in [0.29, 0.717) is 0 Å². The molecular formula is C12H13NO. The minimum Gasteiger partial charge on any atom is -0.449 e. The maximum absolute atomic E-state index is 5.16. The molecule has 0 unspecified atom stereocenters. The second-order valence-corrected chi connectivity index (χ2v) is 3.14. The Balaban J connectivity index is 1.79. The van der Waals surface area contributed by atoms with Crippen LogP contribution in [-0.4, -0.2) is 6.54 Å². The Morgan fingerprint density at radius 3 is 2.57 bits per heavy atom.